The summed E-state index contributed by atoms with van der Waals surface area (Å²) in [4.78, 5) is 26.4. The summed E-state index contributed by atoms with van der Waals surface area (Å²) < 4.78 is 5.60. The molecular formula is C20H19N3O3. The van der Waals surface area contributed by atoms with Crippen LogP contribution in [0.1, 0.15) is 18.9 Å². The van der Waals surface area contributed by atoms with E-state index in [1.807, 2.05) is 30.3 Å². The predicted octanol–water partition coefficient (Wildman–Crippen LogP) is 2.90. The second-order valence-corrected chi connectivity index (χ2v) is 6.01. The molecule has 2 aromatic rings. The van der Waals surface area contributed by atoms with Crippen LogP contribution < -0.4 is 15.0 Å². The Hall–Kier alpha value is -3.33. The molecule has 1 N–H and O–H groups in total. The Morgan fingerprint density at radius 2 is 1.96 bits per heavy atom. The third-order valence-electron chi connectivity index (χ3n) is 4.20. The molecule has 3 rings (SSSR count). The van der Waals surface area contributed by atoms with Gasteiger partial charge >= 0.3 is 0 Å². The van der Waals surface area contributed by atoms with Crippen molar-refractivity contribution in [1.82, 2.24) is 0 Å². The molecule has 1 heterocycles. The lowest BCUT2D eigenvalue weighted by atomic mass is 10.1. The molecule has 0 bridgehead atoms. The largest absolute Gasteiger partial charge is 0.479 e. The Labute approximate surface area is 152 Å². The smallest absolute Gasteiger partial charge is 0.267 e. The van der Waals surface area contributed by atoms with Crippen LogP contribution in [0.5, 0.6) is 5.75 Å². The van der Waals surface area contributed by atoms with Crippen molar-refractivity contribution in [2.24, 2.45) is 0 Å². The van der Waals surface area contributed by atoms with E-state index in [1.54, 1.807) is 30.0 Å². The normalized spacial score (nSPS) is 15.6. The maximum atomic E-state index is 12.4. The van der Waals surface area contributed by atoms with E-state index in [2.05, 4.69) is 11.4 Å². The summed E-state index contributed by atoms with van der Waals surface area (Å²) in [5, 5.41) is 11.7. The molecule has 2 aromatic carbocycles. The molecule has 0 unspecified atom stereocenters. The summed E-state index contributed by atoms with van der Waals surface area (Å²) in [7, 11) is 0. The first-order valence-electron chi connectivity index (χ1n) is 8.42. The average Bonchev–Trinajstić information content (AvgIpc) is 2.64. The molecule has 0 aromatic heterocycles. The van der Waals surface area contributed by atoms with Crippen molar-refractivity contribution in [3.05, 3.63) is 54.1 Å². The fourth-order valence-electron chi connectivity index (χ4n) is 2.90. The lowest BCUT2D eigenvalue weighted by Crippen LogP contribution is -2.45. The minimum Gasteiger partial charge on any atom is -0.479 e. The lowest BCUT2D eigenvalue weighted by molar-refractivity contribution is -0.125. The standard InChI is InChI=1S/C20H19N3O3/c1-14-20(25)23(17-8-4-5-9-18(17)26-14)13-11-19(24)22-16-7-3-2-6-15(16)10-12-21/h2-9,14H,10-11,13H2,1H3,(H,22,24)/t14-/m1/s1. The average molecular weight is 349 g/mol. The van der Waals surface area contributed by atoms with E-state index in [4.69, 9.17) is 10.00 Å². The lowest BCUT2D eigenvalue weighted by Gasteiger charge is -2.32. The van der Waals surface area contributed by atoms with Crippen LogP contribution in [0.15, 0.2) is 48.5 Å². The number of fused-ring (bicyclic) bond motifs is 1. The Morgan fingerprint density at radius 1 is 1.23 bits per heavy atom. The third-order valence-corrected chi connectivity index (χ3v) is 4.20. The molecule has 0 aliphatic carbocycles. The van der Waals surface area contributed by atoms with Gasteiger partial charge in [-0.1, -0.05) is 30.3 Å². The molecule has 2 amide bonds. The molecular weight excluding hydrogens is 330 g/mol. The van der Waals surface area contributed by atoms with E-state index in [9.17, 15) is 9.59 Å². The first kappa shape index (κ1) is 17.5. The van der Waals surface area contributed by atoms with Gasteiger partial charge in [0.1, 0.15) is 5.75 Å². The number of anilines is 2. The van der Waals surface area contributed by atoms with E-state index in [0.717, 1.165) is 5.56 Å². The highest BCUT2D eigenvalue weighted by molar-refractivity contribution is 6.00. The minimum absolute atomic E-state index is 0.147. The minimum atomic E-state index is -0.579. The van der Waals surface area contributed by atoms with Crippen molar-refractivity contribution in [3.8, 4) is 11.8 Å². The van der Waals surface area contributed by atoms with Gasteiger partial charge in [-0.2, -0.15) is 5.26 Å². The van der Waals surface area contributed by atoms with Crippen LogP contribution in [0.25, 0.3) is 0 Å². The molecule has 1 aliphatic rings. The van der Waals surface area contributed by atoms with Gasteiger partial charge in [0.25, 0.3) is 5.91 Å². The van der Waals surface area contributed by atoms with Gasteiger partial charge in [-0.3, -0.25) is 9.59 Å². The monoisotopic (exact) mass is 349 g/mol. The van der Waals surface area contributed by atoms with E-state index < -0.39 is 6.10 Å². The van der Waals surface area contributed by atoms with Gasteiger partial charge in [0.15, 0.2) is 6.10 Å². The van der Waals surface area contributed by atoms with Crippen molar-refractivity contribution >= 4 is 23.2 Å². The highest BCUT2D eigenvalue weighted by Crippen LogP contribution is 2.33. The molecule has 0 fully saturated rings. The third kappa shape index (κ3) is 3.67. The van der Waals surface area contributed by atoms with Crippen LogP contribution in [0.2, 0.25) is 0 Å². The molecule has 0 saturated heterocycles. The highest BCUT2D eigenvalue weighted by atomic mass is 16.5. The van der Waals surface area contributed by atoms with Gasteiger partial charge in [-0.05, 0) is 30.7 Å². The Kier molecular flexibility index (Phi) is 5.18. The second kappa shape index (κ2) is 7.70. The van der Waals surface area contributed by atoms with Gasteiger partial charge in [0.05, 0.1) is 18.2 Å². The zero-order valence-corrected chi connectivity index (χ0v) is 14.4. The van der Waals surface area contributed by atoms with Gasteiger partial charge in [0.2, 0.25) is 5.91 Å². The molecule has 1 atom stereocenters. The first-order valence-corrected chi connectivity index (χ1v) is 8.42. The highest BCUT2D eigenvalue weighted by Gasteiger charge is 2.31. The van der Waals surface area contributed by atoms with Crippen LogP contribution in [0.4, 0.5) is 11.4 Å². The van der Waals surface area contributed by atoms with Crippen LogP contribution in [-0.4, -0.2) is 24.5 Å². The first-order chi connectivity index (χ1) is 12.6. The van der Waals surface area contributed by atoms with Gasteiger partial charge < -0.3 is 15.0 Å². The predicted molar refractivity (Wildman–Crippen MR) is 97.9 cm³/mol. The quantitative estimate of drug-likeness (QED) is 0.900. The number of carbonyl (C=O) groups is 2. The fraction of sp³-hybridized carbons (Fsp3) is 0.250. The second-order valence-electron chi connectivity index (χ2n) is 6.01. The van der Waals surface area contributed by atoms with Crippen molar-refractivity contribution < 1.29 is 14.3 Å². The van der Waals surface area contributed by atoms with Gasteiger partial charge in [-0.25, -0.2) is 0 Å². The van der Waals surface area contributed by atoms with Gasteiger partial charge in [0, 0.05) is 18.7 Å². The number of ether oxygens (including phenoxy) is 1. The molecule has 0 saturated carbocycles. The number of para-hydroxylation sites is 3. The topological polar surface area (TPSA) is 82.4 Å². The summed E-state index contributed by atoms with van der Waals surface area (Å²) in [5.41, 5.74) is 2.07. The zero-order valence-electron chi connectivity index (χ0n) is 14.4. The van der Waals surface area contributed by atoms with Crippen LogP contribution in [0.3, 0.4) is 0 Å². The Bertz CT molecular complexity index is 873. The number of hydrogen-bond donors (Lipinski definition) is 1. The van der Waals surface area contributed by atoms with E-state index >= 15 is 0 Å². The molecule has 132 valence electrons. The summed E-state index contributed by atoms with van der Waals surface area (Å²) >= 11 is 0. The van der Waals surface area contributed by atoms with Crippen LogP contribution in [-0.2, 0) is 16.0 Å². The van der Waals surface area contributed by atoms with Crippen molar-refractivity contribution in [2.45, 2.75) is 25.9 Å². The maximum Gasteiger partial charge on any atom is 0.267 e. The Morgan fingerprint density at radius 3 is 2.77 bits per heavy atom. The number of nitrogens with one attached hydrogen (secondary N) is 1. The number of benzene rings is 2. The number of hydrogen-bond acceptors (Lipinski definition) is 4. The molecule has 1 aliphatic heterocycles. The number of nitriles is 1. The molecule has 0 spiro atoms. The summed E-state index contributed by atoms with van der Waals surface area (Å²) in [6, 6.07) is 16.6. The van der Waals surface area contributed by atoms with Gasteiger partial charge in [-0.15, -0.1) is 0 Å². The maximum absolute atomic E-state index is 12.4. The zero-order chi connectivity index (χ0) is 18.5. The molecule has 6 nitrogen and oxygen atoms in total. The summed E-state index contributed by atoms with van der Waals surface area (Å²) in [6.07, 6.45) is -0.207. The summed E-state index contributed by atoms with van der Waals surface area (Å²) in [6.45, 7) is 1.96. The summed E-state index contributed by atoms with van der Waals surface area (Å²) in [5.74, 6) is 0.264. The van der Waals surface area contributed by atoms with Crippen molar-refractivity contribution in [3.63, 3.8) is 0 Å². The fourth-order valence-corrected chi connectivity index (χ4v) is 2.90. The van der Waals surface area contributed by atoms with E-state index in [-0.39, 0.29) is 31.2 Å². The number of rotatable bonds is 5. The SMILES string of the molecule is C[C@H]1Oc2ccccc2N(CCC(=O)Nc2ccccc2CC#N)C1=O. The molecule has 6 heteroatoms. The van der Waals surface area contributed by atoms with E-state index in [1.165, 1.54) is 0 Å². The van der Waals surface area contributed by atoms with Crippen molar-refractivity contribution in [2.75, 3.05) is 16.8 Å². The number of nitrogens with zero attached hydrogens (tertiary/aromatic N) is 2. The molecule has 26 heavy (non-hydrogen) atoms. The van der Waals surface area contributed by atoms with E-state index in [0.29, 0.717) is 17.1 Å². The van der Waals surface area contributed by atoms with Crippen LogP contribution in [0, 0.1) is 11.3 Å². The molecule has 0 radical (unpaired) electrons. The number of amides is 2. The van der Waals surface area contributed by atoms with Crippen LogP contribution >= 0.6 is 0 Å². The number of carbonyl (C=O) groups excluding carboxylic acids is 2. The Balaban J connectivity index is 1.68. The van der Waals surface area contributed by atoms with Crippen molar-refractivity contribution in [1.29, 1.82) is 5.26 Å².